The van der Waals surface area contributed by atoms with Crippen LogP contribution in [0.1, 0.15) is 92.0 Å². The highest BCUT2D eigenvalue weighted by molar-refractivity contribution is 6.30. The first-order chi connectivity index (χ1) is 23.3. The van der Waals surface area contributed by atoms with E-state index >= 15 is 0 Å². The maximum Gasteiger partial charge on any atom is 0.312 e. The zero-order valence-corrected chi connectivity index (χ0v) is 30.0. The summed E-state index contributed by atoms with van der Waals surface area (Å²) in [6, 6.07) is 0. The molecule has 6 rings (SSSR count). The van der Waals surface area contributed by atoms with Gasteiger partial charge in [0.25, 0.3) is 11.7 Å². The van der Waals surface area contributed by atoms with Gasteiger partial charge in [0.2, 0.25) is 5.78 Å². The van der Waals surface area contributed by atoms with Crippen LogP contribution in [0, 0.1) is 30.6 Å². The molecule has 0 aromatic heterocycles. The first kappa shape index (κ1) is 36.9. The van der Waals surface area contributed by atoms with E-state index in [0.29, 0.717) is 0 Å². The number of carbonyl (C=O) groups is 5. The molecule has 2 N–H and O–H groups in total. The van der Waals surface area contributed by atoms with E-state index in [0.717, 1.165) is 6.08 Å². The maximum atomic E-state index is 13.9. The van der Waals surface area contributed by atoms with E-state index in [-0.39, 0.29) is 51.3 Å². The number of nitrogens with one attached hydrogen (secondary N) is 1. The van der Waals surface area contributed by atoms with Crippen molar-refractivity contribution in [2.45, 2.75) is 92.2 Å². The number of amides is 1. The van der Waals surface area contributed by atoms with Crippen LogP contribution < -0.4 is 10.1 Å². The molecule has 1 saturated heterocycles. The zero-order chi connectivity index (χ0) is 37.0. The standard InChI is InChI=1S/C38H45NO11/c1-17-12-11-13-18(2)36(45)39-23-16-24(40)26-27(31(23)43)30(42)21(5)34-28(26)35(44)38(9,50-34)47-15-14-25(46-10)19(3)32-22(6)33(20(4)29(17)41)49-37(7,8)48-32/h11-17,19-20,22,25,32-33,42H,1-10H3,(H,39,45). The highest BCUT2D eigenvalue weighted by Gasteiger charge is 2.52. The Balaban J connectivity index is 1.60. The monoisotopic (exact) mass is 691 g/mol. The quantitative estimate of drug-likeness (QED) is 0.404. The smallest absolute Gasteiger partial charge is 0.312 e. The molecule has 12 nitrogen and oxygen atoms in total. The second-order valence-corrected chi connectivity index (χ2v) is 14.2. The number of phenolic OH excluding ortho intramolecular Hbond substituents is 1. The largest absolute Gasteiger partial charge is 0.507 e. The minimum absolute atomic E-state index is 0.0491. The summed E-state index contributed by atoms with van der Waals surface area (Å²) in [6.07, 6.45) is 7.07. The number of fused-ring (bicyclic) bond motifs is 10. The van der Waals surface area contributed by atoms with Gasteiger partial charge < -0.3 is 34.1 Å². The van der Waals surface area contributed by atoms with E-state index < -0.39 is 76.3 Å². The van der Waals surface area contributed by atoms with E-state index in [4.69, 9.17) is 23.7 Å². The Morgan fingerprint density at radius 2 is 1.54 bits per heavy atom. The van der Waals surface area contributed by atoms with E-state index in [1.807, 2.05) is 20.8 Å². The van der Waals surface area contributed by atoms with E-state index in [2.05, 4.69) is 5.32 Å². The molecule has 1 aliphatic carbocycles. The fraction of sp³-hybridized carbons (Fsp3) is 0.500. The Bertz CT molecular complexity index is 1780. The van der Waals surface area contributed by atoms with Gasteiger partial charge in [0.1, 0.15) is 17.3 Å². The zero-order valence-electron chi connectivity index (χ0n) is 30.0. The fourth-order valence-electron chi connectivity index (χ4n) is 7.16. The van der Waals surface area contributed by atoms with Crippen molar-refractivity contribution in [3.63, 3.8) is 0 Å². The van der Waals surface area contributed by atoms with Crippen LogP contribution >= 0.6 is 0 Å². The van der Waals surface area contributed by atoms with Crippen molar-refractivity contribution >= 4 is 29.0 Å². The van der Waals surface area contributed by atoms with Crippen molar-refractivity contribution in [2.75, 3.05) is 7.11 Å². The normalized spacial score (nSPS) is 33.0. The second kappa shape index (κ2) is 13.4. The molecule has 0 saturated carbocycles. The van der Waals surface area contributed by atoms with Crippen molar-refractivity contribution in [3.05, 3.63) is 70.2 Å². The van der Waals surface area contributed by atoms with Crippen LogP contribution in [0.5, 0.6) is 11.5 Å². The number of Topliss-reactive ketones (excluding diaryl/α,β-unsaturated/α-hetero) is 3. The molecule has 4 aliphatic heterocycles. The molecule has 1 amide bonds. The number of phenols is 1. The van der Waals surface area contributed by atoms with Crippen molar-refractivity contribution in [3.8, 4) is 11.5 Å². The molecule has 0 spiro atoms. The van der Waals surface area contributed by atoms with Gasteiger partial charge in [-0.2, -0.15) is 0 Å². The lowest BCUT2D eigenvalue weighted by atomic mass is 9.78. The van der Waals surface area contributed by atoms with Gasteiger partial charge in [-0.3, -0.25) is 24.0 Å². The SMILES string of the molecule is COC1C=COC2(C)Oc3c(C)c(O)c4c(c3C2=O)C(=O)C=C(NC(=O)C(C)=CC=CC(C)C(=O)C(C)C2OC(C)(C)OC(C1C)C2C)C4=O. The third-order valence-electron chi connectivity index (χ3n) is 10.1. The van der Waals surface area contributed by atoms with Crippen LogP contribution in [-0.4, -0.2) is 71.1 Å². The summed E-state index contributed by atoms with van der Waals surface area (Å²) in [7, 11) is 1.53. The van der Waals surface area contributed by atoms with Gasteiger partial charge in [0, 0.05) is 54.9 Å². The summed E-state index contributed by atoms with van der Waals surface area (Å²) in [5.41, 5.74) is -1.09. The highest BCUT2D eigenvalue weighted by Crippen LogP contribution is 2.48. The highest BCUT2D eigenvalue weighted by atomic mass is 16.7. The summed E-state index contributed by atoms with van der Waals surface area (Å²) >= 11 is 0. The molecule has 50 heavy (non-hydrogen) atoms. The van der Waals surface area contributed by atoms with Gasteiger partial charge >= 0.3 is 5.79 Å². The topological polar surface area (TPSA) is 164 Å². The summed E-state index contributed by atoms with van der Waals surface area (Å²) < 4.78 is 30.4. The minimum atomic E-state index is -1.96. The van der Waals surface area contributed by atoms with Crippen molar-refractivity contribution in [1.82, 2.24) is 5.32 Å². The van der Waals surface area contributed by atoms with Crippen molar-refractivity contribution < 1.29 is 52.8 Å². The van der Waals surface area contributed by atoms with Crippen LogP contribution in [-0.2, 0) is 28.5 Å². The molecule has 1 aromatic carbocycles. The lowest BCUT2D eigenvalue weighted by Crippen LogP contribution is -2.56. The number of ether oxygens (including phenoxy) is 5. The molecule has 0 radical (unpaired) electrons. The van der Waals surface area contributed by atoms with E-state index in [1.54, 1.807) is 39.0 Å². The van der Waals surface area contributed by atoms with Gasteiger partial charge in [-0.15, -0.1) is 0 Å². The molecule has 8 unspecified atom stereocenters. The average molecular weight is 692 g/mol. The van der Waals surface area contributed by atoms with Crippen LogP contribution in [0.4, 0.5) is 0 Å². The van der Waals surface area contributed by atoms with Crippen LogP contribution in [0.15, 0.2) is 47.9 Å². The minimum Gasteiger partial charge on any atom is -0.507 e. The summed E-state index contributed by atoms with van der Waals surface area (Å²) in [4.78, 5) is 67.8. The maximum absolute atomic E-state index is 13.9. The van der Waals surface area contributed by atoms with Gasteiger partial charge in [0.15, 0.2) is 11.6 Å². The number of hydrogen-bond acceptors (Lipinski definition) is 11. The predicted octanol–water partition coefficient (Wildman–Crippen LogP) is 5.07. The van der Waals surface area contributed by atoms with E-state index in [9.17, 15) is 29.1 Å². The molecule has 268 valence electrons. The molecule has 1 aromatic rings. The molecular formula is C38H45NO11. The Morgan fingerprint density at radius 3 is 2.20 bits per heavy atom. The first-order valence-electron chi connectivity index (χ1n) is 16.7. The van der Waals surface area contributed by atoms with Gasteiger partial charge in [-0.1, -0.05) is 45.9 Å². The van der Waals surface area contributed by atoms with Gasteiger partial charge in [0.05, 0.1) is 47.0 Å². The van der Waals surface area contributed by atoms with Gasteiger partial charge in [-0.25, -0.2) is 0 Å². The Kier molecular flexibility index (Phi) is 9.87. The van der Waals surface area contributed by atoms with Gasteiger partial charge in [-0.05, 0) is 33.8 Å². The molecule has 4 heterocycles. The lowest BCUT2D eigenvalue weighted by Gasteiger charge is -2.49. The lowest BCUT2D eigenvalue weighted by molar-refractivity contribution is -0.335. The number of methoxy groups -OCH3 is 1. The number of hydrogen-bond donors (Lipinski definition) is 2. The number of benzene rings is 1. The molecule has 1 fully saturated rings. The van der Waals surface area contributed by atoms with Crippen molar-refractivity contribution in [1.29, 1.82) is 0 Å². The van der Waals surface area contributed by atoms with Crippen LogP contribution in [0.3, 0.4) is 0 Å². The van der Waals surface area contributed by atoms with E-state index in [1.165, 1.54) is 40.2 Å². The molecule has 12 heteroatoms. The molecule has 5 aliphatic rings. The number of carbonyl (C=O) groups excluding carboxylic acids is 5. The van der Waals surface area contributed by atoms with Crippen molar-refractivity contribution in [2.24, 2.45) is 23.7 Å². The molecule has 8 atom stereocenters. The summed E-state index contributed by atoms with van der Waals surface area (Å²) in [6.45, 7) is 15.4. The third-order valence-corrected chi connectivity index (χ3v) is 10.1. The average Bonchev–Trinajstić information content (AvgIpc) is 3.32. The number of ketones is 4. The predicted molar refractivity (Wildman–Crippen MR) is 181 cm³/mol. The first-order valence-corrected chi connectivity index (χ1v) is 16.7. The number of allylic oxidation sites excluding steroid dienone is 5. The fourth-order valence-corrected chi connectivity index (χ4v) is 7.16. The summed E-state index contributed by atoms with van der Waals surface area (Å²) in [5.74, 6) is -8.30. The molecule has 7 bridgehead atoms. The Morgan fingerprint density at radius 1 is 0.880 bits per heavy atom. The Hall–Kier alpha value is -4.39. The number of rotatable bonds is 1. The van der Waals surface area contributed by atoms with Crippen LogP contribution in [0.25, 0.3) is 0 Å². The second-order valence-electron chi connectivity index (χ2n) is 14.2. The third kappa shape index (κ3) is 6.36. The Labute approximate surface area is 291 Å². The van der Waals surface area contributed by atoms with Crippen LogP contribution in [0.2, 0.25) is 0 Å². The number of aromatic hydroxyl groups is 1. The summed E-state index contributed by atoms with van der Waals surface area (Å²) in [5, 5.41) is 13.6. The molecular weight excluding hydrogens is 646 g/mol.